The van der Waals surface area contributed by atoms with Crippen molar-refractivity contribution in [2.75, 3.05) is 0 Å². The van der Waals surface area contributed by atoms with Crippen molar-refractivity contribution in [3.8, 4) is 6.07 Å². The first-order chi connectivity index (χ1) is 6.40. The molecule has 0 saturated heterocycles. The van der Waals surface area contributed by atoms with Crippen LogP contribution in [-0.2, 0) is 4.79 Å². The molecular weight excluding hydrogens is 177 g/mol. The van der Waals surface area contributed by atoms with Gasteiger partial charge in [-0.15, -0.1) is 0 Å². The highest BCUT2D eigenvalue weighted by atomic mass is 16.2. The Labute approximate surface area is 86.9 Å². The third-order valence-corrected chi connectivity index (χ3v) is 2.01. The number of nitrogens with one attached hydrogen (secondary N) is 1. The van der Waals surface area contributed by atoms with Gasteiger partial charge in [-0.25, -0.2) is 0 Å². The van der Waals surface area contributed by atoms with Gasteiger partial charge in [0.1, 0.15) is 15.7 Å². The largest absolute Gasteiger partial charge is 0.399 e. The summed E-state index contributed by atoms with van der Waals surface area (Å²) in [6.45, 7) is 0. The van der Waals surface area contributed by atoms with Crippen LogP contribution in [0.25, 0.3) is 0 Å². The Kier molecular flexibility index (Phi) is 4.92. The quantitative estimate of drug-likeness (QED) is 0.452. The predicted molar refractivity (Wildman–Crippen MR) is 62.7 cm³/mol. The lowest BCUT2D eigenvalue weighted by molar-refractivity contribution is -0.122. The van der Waals surface area contributed by atoms with E-state index >= 15 is 0 Å². The van der Waals surface area contributed by atoms with Gasteiger partial charge in [0.25, 0.3) is 0 Å². The van der Waals surface area contributed by atoms with E-state index in [2.05, 4.69) is 5.32 Å². The Morgan fingerprint density at radius 3 is 2.29 bits per heavy atom. The maximum Gasteiger partial charge on any atom is 0.233 e. The van der Waals surface area contributed by atoms with Crippen molar-refractivity contribution in [2.24, 2.45) is 0 Å². The first-order valence-corrected chi connectivity index (χ1v) is 4.33. The lowest BCUT2D eigenvalue weighted by atomic mass is 9.87. The van der Waals surface area contributed by atoms with Crippen LogP contribution in [0.1, 0.15) is 0 Å². The highest BCUT2D eigenvalue weighted by Gasteiger charge is 2.19. The highest BCUT2D eigenvalue weighted by molar-refractivity contribution is 6.60. The maximum atomic E-state index is 11.4. The van der Waals surface area contributed by atoms with Crippen LogP contribution in [0, 0.1) is 11.3 Å². The first-order valence-electron chi connectivity index (χ1n) is 4.33. The van der Waals surface area contributed by atoms with E-state index in [1.807, 2.05) is 6.07 Å². The Hall–Kier alpha value is -1.31. The summed E-state index contributed by atoms with van der Waals surface area (Å²) in [6, 6.07) is 1.88. The van der Waals surface area contributed by atoms with Crippen molar-refractivity contribution in [3.05, 3.63) is 0 Å². The summed E-state index contributed by atoms with van der Waals surface area (Å²) in [6.07, 6.45) is 0. The van der Waals surface area contributed by atoms with E-state index < -0.39 is 11.9 Å². The zero-order valence-corrected chi connectivity index (χ0v) is 8.87. The molecule has 0 aromatic carbocycles. The Bertz CT molecular complexity index is 279. The van der Waals surface area contributed by atoms with Crippen LogP contribution < -0.4 is 5.32 Å². The van der Waals surface area contributed by atoms with Crippen LogP contribution in [0.4, 0.5) is 4.79 Å². The normalized spacial score (nSPS) is 13.4. The second-order valence-electron chi connectivity index (χ2n) is 3.17. The van der Waals surface area contributed by atoms with Gasteiger partial charge in [0, 0.05) is 0 Å². The summed E-state index contributed by atoms with van der Waals surface area (Å²) in [5.74, 6) is -1.59. The summed E-state index contributed by atoms with van der Waals surface area (Å²) in [5.41, 5.74) is 0. The standard InChI is InChI=1S/C5H11B4N3O2/c6-2(1-10)11-4(13)3(7)12(9)5(8)14/h2-3H,6-9H2,(H,11,13). The first kappa shape index (κ1) is 12.7. The van der Waals surface area contributed by atoms with Crippen molar-refractivity contribution in [2.45, 2.75) is 11.9 Å². The molecule has 5 nitrogen and oxygen atoms in total. The van der Waals surface area contributed by atoms with Gasteiger partial charge in [-0.3, -0.25) is 9.59 Å². The molecule has 0 fully saturated rings. The number of hydrogen-bond donors (Lipinski definition) is 1. The minimum Gasteiger partial charge on any atom is -0.399 e. The molecule has 2 amide bonds. The van der Waals surface area contributed by atoms with Crippen molar-refractivity contribution in [1.29, 1.82) is 5.26 Å². The fourth-order valence-corrected chi connectivity index (χ4v) is 0.815. The molecular formula is C5H11B4N3O2. The second kappa shape index (κ2) is 5.43. The molecule has 1 N–H and O–H groups in total. The Balaban J connectivity index is 4.27. The van der Waals surface area contributed by atoms with E-state index in [0.717, 1.165) is 0 Å². The molecule has 0 aliphatic heterocycles. The smallest absolute Gasteiger partial charge is 0.233 e. The van der Waals surface area contributed by atoms with E-state index in [1.54, 1.807) is 23.7 Å². The van der Waals surface area contributed by atoms with E-state index in [-0.39, 0.29) is 11.7 Å². The molecule has 70 valence electrons. The van der Waals surface area contributed by atoms with Crippen molar-refractivity contribution >= 4 is 43.2 Å². The van der Waals surface area contributed by atoms with Gasteiger partial charge in [0.2, 0.25) is 21.7 Å². The average molecular weight is 188 g/mol. The van der Waals surface area contributed by atoms with Gasteiger partial charge in [-0.2, -0.15) is 5.26 Å². The summed E-state index contributed by atoms with van der Waals surface area (Å²) in [7, 11) is 6.13. The molecule has 0 aromatic rings. The molecule has 0 aliphatic carbocycles. The highest BCUT2D eigenvalue weighted by Crippen LogP contribution is 1.91. The molecule has 0 aliphatic rings. The van der Waals surface area contributed by atoms with E-state index in [4.69, 9.17) is 5.26 Å². The molecule has 0 saturated carbocycles. The lowest BCUT2D eigenvalue weighted by Crippen LogP contribution is -2.51. The van der Waals surface area contributed by atoms with Gasteiger partial charge in [0.15, 0.2) is 5.81 Å². The third kappa shape index (κ3) is 3.60. The molecule has 0 rings (SSSR count). The summed E-state index contributed by atoms with van der Waals surface area (Å²) < 4.78 is 0. The lowest BCUT2D eigenvalue weighted by Gasteiger charge is -2.24. The van der Waals surface area contributed by atoms with Gasteiger partial charge in [-0.05, 0) is 0 Å². The Morgan fingerprint density at radius 1 is 1.43 bits per heavy atom. The molecule has 2 atom stereocenters. The van der Waals surface area contributed by atoms with E-state index in [1.165, 1.54) is 12.7 Å². The topological polar surface area (TPSA) is 73.2 Å². The number of carbonyl (C=O) groups is 2. The zero-order valence-electron chi connectivity index (χ0n) is 8.87. The van der Waals surface area contributed by atoms with E-state index in [0.29, 0.717) is 0 Å². The molecule has 2 unspecified atom stereocenters. The maximum absolute atomic E-state index is 11.4. The van der Waals surface area contributed by atoms with Gasteiger partial charge in [0.05, 0.1) is 18.0 Å². The molecule has 0 heterocycles. The van der Waals surface area contributed by atoms with Crippen LogP contribution in [0.2, 0.25) is 0 Å². The summed E-state index contributed by atoms with van der Waals surface area (Å²) in [4.78, 5) is 23.6. The number of rotatable bonds is 3. The molecule has 0 bridgehead atoms. The van der Waals surface area contributed by atoms with Gasteiger partial charge >= 0.3 is 0 Å². The van der Waals surface area contributed by atoms with Crippen LogP contribution in [0.3, 0.4) is 0 Å². The van der Waals surface area contributed by atoms with Crippen molar-refractivity contribution < 1.29 is 9.59 Å². The van der Waals surface area contributed by atoms with E-state index in [9.17, 15) is 9.59 Å². The average Bonchev–Trinajstić information content (AvgIpc) is 2.14. The second-order valence-corrected chi connectivity index (χ2v) is 3.17. The molecule has 0 spiro atoms. The van der Waals surface area contributed by atoms with Crippen LogP contribution in [0.5, 0.6) is 0 Å². The third-order valence-electron chi connectivity index (χ3n) is 2.01. The minimum absolute atomic E-state index is 0.183. The minimum atomic E-state index is -0.553. The van der Waals surface area contributed by atoms with Crippen LogP contribution >= 0.6 is 0 Å². The SMILES string of the molecule is BC(=O)N(B)C(B)C(=O)NC(B)C#N. The van der Waals surface area contributed by atoms with Crippen molar-refractivity contribution in [3.63, 3.8) is 0 Å². The molecule has 9 heteroatoms. The summed E-state index contributed by atoms with van der Waals surface area (Å²) in [5, 5.41) is 10.9. The molecule has 0 aromatic heterocycles. The number of nitriles is 1. The monoisotopic (exact) mass is 189 g/mol. The number of hydrogen-bond acceptors (Lipinski definition) is 3. The zero-order chi connectivity index (χ0) is 11.3. The van der Waals surface area contributed by atoms with Crippen molar-refractivity contribution in [1.82, 2.24) is 10.1 Å². The van der Waals surface area contributed by atoms with Gasteiger partial charge in [-0.1, -0.05) is 0 Å². The molecule has 14 heavy (non-hydrogen) atoms. The Morgan fingerprint density at radius 2 is 1.93 bits per heavy atom. The van der Waals surface area contributed by atoms with Crippen LogP contribution in [-0.4, -0.2) is 59.9 Å². The predicted octanol–water partition coefficient (Wildman–Crippen LogP) is -4.85. The van der Waals surface area contributed by atoms with Gasteiger partial charge < -0.3 is 10.1 Å². The van der Waals surface area contributed by atoms with Crippen LogP contribution in [0.15, 0.2) is 0 Å². The molecule has 0 radical (unpaired) electrons. The fraction of sp³-hybridized carbons (Fsp3) is 0.400. The summed E-state index contributed by atoms with van der Waals surface area (Å²) >= 11 is 0. The number of carbonyl (C=O) groups excluding carboxylic acids is 2. The fourth-order valence-electron chi connectivity index (χ4n) is 0.815. The number of nitrogens with zero attached hydrogens (tertiary/aromatic N) is 2. The number of amides is 2.